The maximum atomic E-state index is 11.0. The average Bonchev–Trinajstić information content (AvgIpc) is 3.16. The zero-order chi connectivity index (χ0) is 16.4. The van der Waals surface area contributed by atoms with Gasteiger partial charge in [-0.25, -0.2) is 4.79 Å². The molecule has 3 rings (SSSR count). The Morgan fingerprint density at radius 1 is 1.39 bits per heavy atom. The molecule has 2 aromatic rings. The second kappa shape index (κ2) is 6.42. The molecule has 1 aromatic heterocycles. The Morgan fingerprint density at radius 2 is 2.13 bits per heavy atom. The number of carboxylic acids is 1. The summed E-state index contributed by atoms with van der Waals surface area (Å²) >= 11 is 0. The molecule has 1 unspecified atom stereocenters. The first-order valence-electron chi connectivity index (χ1n) is 7.73. The fourth-order valence-electron chi connectivity index (χ4n) is 3.05. The molecular formula is C17H21N3O3. The molecule has 6 heteroatoms. The van der Waals surface area contributed by atoms with Crippen molar-refractivity contribution in [3.05, 3.63) is 47.3 Å². The Balaban J connectivity index is 1.79. The molecule has 23 heavy (non-hydrogen) atoms. The van der Waals surface area contributed by atoms with E-state index in [-0.39, 0.29) is 11.7 Å². The van der Waals surface area contributed by atoms with Crippen LogP contribution in [0.3, 0.4) is 0 Å². The summed E-state index contributed by atoms with van der Waals surface area (Å²) in [6.45, 7) is 1.74. The van der Waals surface area contributed by atoms with Gasteiger partial charge in [-0.1, -0.05) is 24.3 Å². The molecule has 122 valence electrons. The average molecular weight is 315 g/mol. The first-order chi connectivity index (χ1) is 11.0. The van der Waals surface area contributed by atoms with E-state index in [4.69, 9.17) is 9.52 Å². The highest BCUT2D eigenvalue weighted by atomic mass is 16.4. The van der Waals surface area contributed by atoms with Crippen molar-refractivity contribution >= 4 is 12.0 Å². The third-order valence-electron chi connectivity index (χ3n) is 4.07. The Bertz CT molecular complexity index is 679. The summed E-state index contributed by atoms with van der Waals surface area (Å²) in [5, 5.41) is 8.98. The molecule has 0 amide bonds. The van der Waals surface area contributed by atoms with Gasteiger partial charge in [0.05, 0.1) is 6.04 Å². The van der Waals surface area contributed by atoms with Crippen molar-refractivity contribution in [3.63, 3.8) is 0 Å². The highest BCUT2D eigenvalue weighted by Crippen LogP contribution is 2.35. The summed E-state index contributed by atoms with van der Waals surface area (Å²) in [5.41, 5.74) is 2.43. The molecule has 1 atom stereocenters. The minimum atomic E-state index is -1.07. The highest BCUT2D eigenvalue weighted by Gasteiger charge is 2.30. The number of hydrogen-bond acceptors (Lipinski definition) is 5. The minimum absolute atomic E-state index is 0.0491. The van der Waals surface area contributed by atoms with Crippen molar-refractivity contribution in [3.8, 4) is 0 Å². The van der Waals surface area contributed by atoms with E-state index in [1.54, 1.807) is 0 Å². The van der Waals surface area contributed by atoms with E-state index < -0.39 is 5.97 Å². The Hall–Kier alpha value is -2.34. The molecule has 2 heterocycles. The third kappa shape index (κ3) is 3.37. The number of oxazole rings is 1. The molecule has 1 aliphatic rings. The molecule has 0 saturated carbocycles. The predicted octanol–water partition coefficient (Wildman–Crippen LogP) is 2.78. The van der Waals surface area contributed by atoms with E-state index >= 15 is 0 Å². The lowest BCUT2D eigenvalue weighted by Crippen LogP contribution is -2.23. The molecule has 0 aliphatic carbocycles. The quantitative estimate of drug-likeness (QED) is 0.915. The van der Waals surface area contributed by atoms with Gasteiger partial charge in [0.25, 0.3) is 6.01 Å². The molecule has 1 N–H and O–H groups in total. The van der Waals surface area contributed by atoms with Crippen molar-refractivity contribution in [1.82, 2.24) is 9.88 Å². The molecule has 0 spiro atoms. The lowest BCUT2D eigenvalue weighted by molar-refractivity contribution is 0.0690. The Morgan fingerprint density at radius 3 is 2.74 bits per heavy atom. The monoisotopic (exact) mass is 315 g/mol. The Kier molecular flexibility index (Phi) is 4.34. The molecule has 0 radical (unpaired) electrons. The van der Waals surface area contributed by atoms with Gasteiger partial charge < -0.3 is 19.3 Å². The molecule has 1 fully saturated rings. The van der Waals surface area contributed by atoms with E-state index in [0.717, 1.165) is 25.9 Å². The summed E-state index contributed by atoms with van der Waals surface area (Å²) in [5.74, 6) is -1.07. The molecule has 1 aromatic carbocycles. The number of hydrogen-bond donors (Lipinski definition) is 1. The van der Waals surface area contributed by atoms with Gasteiger partial charge in [0.2, 0.25) is 0 Å². The highest BCUT2D eigenvalue weighted by molar-refractivity contribution is 5.85. The maximum Gasteiger partial charge on any atom is 0.357 e. The first-order valence-corrected chi connectivity index (χ1v) is 7.73. The molecule has 0 bridgehead atoms. The standard InChI is InChI=1S/C17H21N3O3/c1-19(2)10-12-5-7-13(8-6-12)15-4-3-9-20(15)17-18-14(11-23-17)16(21)22/h5-8,11,15H,3-4,9-10H2,1-2H3,(H,21,22). The minimum Gasteiger partial charge on any atom is -0.476 e. The van der Waals surface area contributed by atoms with Gasteiger partial charge in [0.1, 0.15) is 6.26 Å². The number of carboxylic acid groups (broad SMARTS) is 1. The van der Waals surface area contributed by atoms with Crippen LogP contribution < -0.4 is 4.90 Å². The van der Waals surface area contributed by atoms with Crippen molar-refractivity contribution in [2.45, 2.75) is 25.4 Å². The van der Waals surface area contributed by atoms with E-state index in [0.29, 0.717) is 6.01 Å². The lowest BCUT2D eigenvalue weighted by Gasteiger charge is -2.23. The van der Waals surface area contributed by atoms with Gasteiger partial charge in [-0.2, -0.15) is 4.98 Å². The fourth-order valence-corrected chi connectivity index (χ4v) is 3.05. The van der Waals surface area contributed by atoms with Crippen LogP contribution in [0.5, 0.6) is 0 Å². The number of rotatable bonds is 5. The molecule has 1 saturated heterocycles. The molecular weight excluding hydrogens is 294 g/mol. The lowest BCUT2D eigenvalue weighted by atomic mass is 10.0. The number of nitrogens with zero attached hydrogens (tertiary/aromatic N) is 3. The van der Waals surface area contributed by atoms with Crippen LogP contribution in [0, 0.1) is 0 Å². The largest absolute Gasteiger partial charge is 0.476 e. The van der Waals surface area contributed by atoms with Crippen molar-refractivity contribution < 1.29 is 14.3 Å². The smallest absolute Gasteiger partial charge is 0.357 e. The third-order valence-corrected chi connectivity index (χ3v) is 4.07. The predicted molar refractivity (Wildman–Crippen MR) is 86.6 cm³/mol. The van der Waals surface area contributed by atoms with Crippen LogP contribution in [0.25, 0.3) is 0 Å². The topological polar surface area (TPSA) is 69.8 Å². The van der Waals surface area contributed by atoms with Crippen molar-refractivity contribution in [1.29, 1.82) is 0 Å². The van der Waals surface area contributed by atoms with E-state index in [1.807, 2.05) is 4.90 Å². The number of aromatic carboxylic acids is 1. The van der Waals surface area contributed by atoms with E-state index in [2.05, 4.69) is 48.2 Å². The zero-order valence-electron chi connectivity index (χ0n) is 13.4. The summed E-state index contributed by atoms with van der Waals surface area (Å²) in [6.07, 6.45) is 3.25. The second-order valence-electron chi connectivity index (χ2n) is 6.15. The van der Waals surface area contributed by atoms with Crippen LogP contribution in [0.15, 0.2) is 34.9 Å². The number of anilines is 1. The number of benzene rings is 1. The van der Waals surface area contributed by atoms with Crippen LogP contribution >= 0.6 is 0 Å². The second-order valence-corrected chi connectivity index (χ2v) is 6.15. The van der Waals surface area contributed by atoms with Crippen LogP contribution in [-0.4, -0.2) is 41.6 Å². The van der Waals surface area contributed by atoms with Gasteiger partial charge in [-0.05, 0) is 38.1 Å². The SMILES string of the molecule is CN(C)Cc1ccc(C2CCCN2c2nc(C(=O)O)co2)cc1. The van der Waals surface area contributed by atoms with Crippen LogP contribution in [0.4, 0.5) is 6.01 Å². The summed E-state index contributed by atoms with van der Waals surface area (Å²) in [4.78, 5) is 19.2. The van der Waals surface area contributed by atoms with Crippen LogP contribution in [-0.2, 0) is 6.54 Å². The number of aromatic nitrogens is 1. The van der Waals surface area contributed by atoms with Crippen molar-refractivity contribution in [2.75, 3.05) is 25.5 Å². The van der Waals surface area contributed by atoms with Gasteiger partial charge in [-0.15, -0.1) is 0 Å². The number of carbonyl (C=O) groups is 1. The van der Waals surface area contributed by atoms with Crippen LogP contribution in [0.1, 0.15) is 40.5 Å². The maximum absolute atomic E-state index is 11.0. The fraction of sp³-hybridized carbons (Fsp3) is 0.412. The van der Waals surface area contributed by atoms with E-state index in [1.165, 1.54) is 17.4 Å². The van der Waals surface area contributed by atoms with Crippen molar-refractivity contribution in [2.24, 2.45) is 0 Å². The van der Waals surface area contributed by atoms with Gasteiger partial charge in [0, 0.05) is 13.1 Å². The van der Waals surface area contributed by atoms with Gasteiger partial charge in [-0.3, -0.25) is 0 Å². The Labute approximate surface area is 135 Å². The van der Waals surface area contributed by atoms with Gasteiger partial charge >= 0.3 is 5.97 Å². The summed E-state index contributed by atoms with van der Waals surface area (Å²) < 4.78 is 5.37. The van der Waals surface area contributed by atoms with Gasteiger partial charge in [0.15, 0.2) is 5.69 Å². The molecule has 1 aliphatic heterocycles. The summed E-state index contributed by atoms with van der Waals surface area (Å²) in [6, 6.07) is 9.14. The summed E-state index contributed by atoms with van der Waals surface area (Å²) in [7, 11) is 4.10. The first kappa shape index (κ1) is 15.6. The normalized spacial score (nSPS) is 17.9. The van der Waals surface area contributed by atoms with Crippen LogP contribution in [0.2, 0.25) is 0 Å². The molecule has 6 nitrogen and oxygen atoms in total. The van der Waals surface area contributed by atoms with E-state index in [9.17, 15) is 4.79 Å². The zero-order valence-corrected chi connectivity index (χ0v) is 13.4.